The number of benzene rings is 2. The van der Waals surface area contributed by atoms with Crippen LogP contribution in [0.3, 0.4) is 0 Å². The summed E-state index contributed by atoms with van der Waals surface area (Å²) in [5.74, 6) is 2.12. The summed E-state index contributed by atoms with van der Waals surface area (Å²) >= 11 is 0. The molecule has 0 radical (unpaired) electrons. The van der Waals surface area contributed by atoms with Crippen molar-refractivity contribution in [2.75, 3.05) is 7.11 Å². The van der Waals surface area contributed by atoms with Gasteiger partial charge in [0.25, 0.3) is 0 Å². The molecule has 1 N–H and O–H groups in total. The van der Waals surface area contributed by atoms with Crippen LogP contribution < -0.4 is 14.2 Å². The normalized spacial score (nSPS) is 27.2. The van der Waals surface area contributed by atoms with Crippen LogP contribution in [-0.4, -0.2) is 29.2 Å². The Kier molecular flexibility index (Phi) is 4.77. The Bertz CT molecular complexity index is 1100. The van der Waals surface area contributed by atoms with Crippen LogP contribution in [0.4, 0.5) is 0 Å². The molecule has 1 unspecified atom stereocenters. The largest absolute Gasteiger partial charge is 0.507 e. The highest BCUT2D eigenvalue weighted by Gasteiger charge is 2.53. The summed E-state index contributed by atoms with van der Waals surface area (Å²) in [7, 11) is 1.62. The third-order valence-corrected chi connectivity index (χ3v) is 7.39. The van der Waals surface area contributed by atoms with Crippen molar-refractivity contribution < 1.29 is 24.1 Å². The molecule has 0 amide bonds. The molecule has 32 heavy (non-hydrogen) atoms. The maximum atomic E-state index is 13.3. The number of aromatic hydroxyl groups is 1. The lowest BCUT2D eigenvalue weighted by molar-refractivity contribution is -0.0196. The van der Waals surface area contributed by atoms with Gasteiger partial charge in [-0.1, -0.05) is 18.2 Å². The molecule has 5 heteroatoms. The molecule has 0 aromatic heterocycles. The van der Waals surface area contributed by atoms with Crippen molar-refractivity contribution in [3.05, 3.63) is 53.1 Å². The van der Waals surface area contributed by atoms with Crippen molar-refractivity contribution in [1.29, 1.82) is 0 Å². The minimum atomic E-state index is -0.431. The molecule has 1 saturated carbocycles. The molecule has 168 valence electrons. The lowest BCUT2D eigenvalue weighted by Gasteiger charge is -2.49. The van der Waals surface area contributed by atoms with Gasteiger partial charge in [0, 0.05) is 23.5 Å². The fourth-order valence-corrected chi connectivity index (χ4v) is 5.83. The average molecular weight is 435 g/mol. The standard InChI is InChI=1S/C27H30O5/c1-26(2)19-6-5-13-27(3)15-18(19)23-22(31-27)14-21(29)24(25(23)32-26)20(28)12-9-16-7-10-17(30-4)11-8-16/h7-12,14,18-19,29H,5-6,13,15H2,1-4H3/b12-9+/t18?,19-,27+/m0/s1. The van der Waals surface area contributed by atoms with E-state index in [1.807, 2.05) is 24.3 Å². The molecule has 0 spiro atoms. The van der Waals surface area contributed by atoms with Gasteiger partial charge in [-0.25, -0.2) is 0 Å². The zero-order chi connectivity index (χ0) is 22.7. The maximum Gasteiger partial charge on any atom is 0.193 e. The van der Waals surface area contributed by atoms with Crippen molar-refractivity contribution in [3.63, 3.8) is 0 Å². The summed E-state index contributed by atoms with van der Waals surface area (Å²) in [4.78, 5) is 13.3. The summed E-state index contributed by atoms with van der Waals surface area (Å²) in [6, 6.07) is 9.06. The monoisotopic (exact) mass is 434 g/mol. The minimum Gasteiger partial charge on any atom is -0.507 e. The summed E-state index contributed by atoms with van der Waals surface area (Å²) < 4.78 is 18.1. The predicted octanol–water partition coefficient (Wildman–Crippen LogP) is 5.89. The Labute approximate surface area is 189 Å². The van der Waals surface area contributed by atoms with Crippen LogP contribution in [0.5, 0.6) is 23.0 Å². The highest BCUT2D eigenvalue weighted by molar-refractivity contribution is 6.11. The number of hydrogen-bond acceptors (Lipinski definition) is 5. The van der Waals surface area contributed by atoms with Crippen molar-refractivity contribution in [3.8, 4) is 23.0 Å². The number of ketones is 1. The number of carbonyl (C=O) groups is 1. The van der Waals surface area contributed by atoms with Crippen LogP contribution in [0.1, 0.15) is 73.9 Å². The van der Waals surface area contributed by atoms with Crippen LogP contribution in [0.15, 0.2) is 36.4 Å². The van der Waals surface area contributed by atoms with E-state index in [2.05, 4.69) is 20.8 Å². The molecule has 3 atom stereocenters. The van der Waals surface area contributed by atoms with Crippen molar-refractivity contribution in [2.24, 2.45) is 5.92 Å². The smallest absolute Gasteiger partial charge is 0.193 e. The van der Waals surface area contributed by atoms with Crippen LogP contribution in [-0.2, 0) is 0 Å². The molecule has 2 heterocycles. The van der Waals surface area contributed by atoms with Gasteiger partial charge in [0.2, 0.25) is 0 Å². The zero-order valence-corrected chi connectivity index (χ0v) is 19.1. The van der Waals surface area contributed by atoms with E-state index in [-0.39, 0.29) is 28.6 Å². The highest BCUT2D eigenvalue weighted by Crippen LogP contribution is 2.60. The Morgan fingerprint density at radius 3 is 2.66 bits per heavy atom. The van der Waals surface area contributed by atoms with Crippen LogP contribution >= 0.6 is 0 Å². The van der Waals surface area contributed by atoms with Gasteiger partial charge in [-0.2, -0.15) is 0 Å². The fraction of sp³-hybridized carbons (Fsp3) is 0.444. The minimum absolute atomic E-state index is 0.0976. The van der Waals surface area contributed by atoms with Gasteiger partial charge in [-0.15, -0.1) is 0 Å². The van der Waals surface area contributed by atoms with Gasteiger partial charge < -0.3 is 19.3 Å². The van der Waals surface area contributed by atoms with E-state index in [1.165, 1.54) is 6.08 Å². The lowest BCUT2D eigenvalue weighted by Crippen LogP contribution is -2.48. The van der Waals surface area contributed by atoms with Gasteiger partial charge in [0.15, 0.2) is 5.78 Å². The summed E-state index contributed by atoms with van der Waals surface area (Å²) in [6.45, 7) is 6.36. The number of fused-ring (bicyclic) bond motifs is 1. The third-order valence-electron chi connectivity index (χ3n) is 7.39. The second-order valence-electron chi connectivity index (χ2n) is 10.0. The second-order valence-corrected chi connectivity index (χ2v) is 10.0. The van der Waals surface area contributed by atoms with Crippen LogP contribution in [0.25, 0.3) is 6.08 Å². The number of methoxy groups -OCH3 is 1. The van der Waals surface area contributed by atoms with Crippen LogP contribution in [0.2, 0.25) is 0 Å². The second kappa shape index (κ2) is 7.29. The summed E-state index contributed by atoms with van der Waals surface area (Å²) in [6.07, 6.45) is 7.26. The van der Waals surface area contributed by atoms with Crippen molar-refractivity contribution in [2.45, 2.75) is 63.6 Å². The van der Waals surface area contributed by atoms with E-state index >= 15 is 0 Å². The molecular formula is C27H30O5. The van der Waals surface area contributed by atoms with E-state index in [9.17, 15) is 9.90 Å². The topological polar surface area (TPSA) is 65.0 Å². The SMILES string of the molecule is COc1ccc(/C=C/C(=O)c2c(O)cc3c4c2OC(C)(C)[C@H]2CCC[C@](C)(CC42)O3)cc1. The number of phenols is 1. The zero-order valence-electron chi connectivity index (χ0n) is 19.1. The molecule has 2 aromatic rings. The number of carbonyl (C=O) groups excluding carboxylic acids is 1. The summed E-state index contributed by atoms with van der Waals surface area (Å²) in [5.41, 5.74) is 1.36. The molecule has 5 rings (SSSR count). The first kappa shape index (κ1) is 20.9. The molecular weight excluding hydrogens is 404 g/mol. The number of allylic oxidation sites excluding steroid dienone is 1. The first-order valence-electron chi connectivity index (χ1n) is 11.4. The molecule has 5 nitrogen and oxygen atoms in total. The van der Waals surface area contributed by atoms with E-state index < -0.39 is 5.60 Å². The van der Waals surface area contributed by atoms with E-state index in [0.717, 1.165) is 42.6 Å². The molecule has 1 fully saturated rings. The van der Waals surface area contributed by atoms with Crippen molar-refractivity contribution >= 4 is 11.9 Å². The highest BCUT2D eigenvalue weighted by atomic mass is 16.5. The molecule has 2 aromatic carbocycles. The quantitative estimate of drug-likeness (QED) is 0.480. The first-order valence-corrected chi connectivity index (χ1v) is 11.4. The van der Waals surface area contributed by atoms with Gasteiger partial charge in [0.1, 0.15) is 39.8 Å². The van der Waals surface area contributed by atoms with Gasteiger partial charge in [-0.3, -0.25) is 4.79 Å². The summed E-state index contributed by atoms with van der Waals surface area (Å²) in [5, 5.41) is 10.9. The molecule has 2 aliphatic heterocycles. The molecule has 3 aliphatic rings. The van der Waals surface area contributed by atoms with Gasteiger partial charge >= 0.3 is 0 Å². The van der Waals surface area contributed by atoms with E-state index in [4.69, 9.17) is 14.2 Å². The maximum absolute atomic E-state index is 13.3. The lowest BCUT2D eigenvalue weighted by atomic mass is 9.68. The molecule has 1 aliphatic carbocycles. The fourth-order valence-electron chi connectivity index (χ4n) is 5.83. The first-order chi connectivity index (χ1) is 15.2. The Morgan fingerprint density at radius 2 is 1.94 bits per heavy atom. The van der Waals surface area contributed by atoms with Gasteiger partial charge in [0.05, 0.1) is 7.11 Å². The average Bonchev–Trinajstić information content (AvgIpc) is 2.88. The number of ether oxygens (including phenoxy) is 3. The number of phenolic OH excluding ortho intramolecular Hbond substituents is 1. The van der Waals surface area contributed by atoms with E-state index in [0.29, 0.717) is 17.4 Å². The van der Waals surface area contributed by atoms with Crippen molar-refractivity contribution in [1.82, 2.24) is 0 Å². The molecule has 0 saturated heterocycles. The van der Waals surface area contributed by atoms with Crippen LogP contribution in [0, 0.1) is 5.92 Å². The Balaban J connectivity index is 1.58. The Hall–Kier alpha value is -2.95. The van der Waals surface area contributed by atoms with Gasteiger partial charge in [-0.05, 0) is 70.2 Å². The number of hydrogen-bond donors (Lipinski definition) is 1. The molecule has 2 bridgehead atoms. The predicted molar refractivity (Wildman–Crippen MR) is 123 cm³/mol. The van der Waals surface area contributed by atoms with E-state index in [1.54, 1.807) is 19.3 Å². The number of rotatable bonds is 4. The Morgan fingerprint density at radius 1 is 1.19 bits per heavy atom. The third kappa shape index (κ3) is 3.35.